The van der Waals surface area contributed by atoms with E-state index >= 15 is 0 Å². The van der Waals surface area contributed by atoms with Crippen LogP contribution in [0.5, 0.6) is 0 Å². The summed E-state index contributed by atoms with van der Waals surface area (Å²) in [5, 5.41) is 13.9. The summed E-state index contributed by atoms with van der Waals surface area (Å²) in [5.41, 5.74) is 11.5. The minimum absolute atomic E-state index is 0.00981. The molecule has 0 saturated carbocycles. The van der Waals surface area contributed by atoms with Gasteiger partial charge in [-0.2, -0.15) is 5.10 Å². The Balaban J connectivity index is 1.18. The number of carbonyl (C=O) groups excluding carboxylic acids is 2. The van der Waals surface area contributed by atoms with Crippen LogP contribution in [-0.4, -0.2) is 44.8 Å². The molecule has 3 aromatic carbocycles. The quantitative estimate of drug-likeness (QED) is 0.167. The number of amides is 3. The van der Waals surface area contributed by atoms with Crippen LogP contribution in [0.25, 0.3) is 5.69 Å². The number of hydrogen-bond acceptors (Lipinski definition) is 4. The minimum atomic E-state index is -0.333. The fourth-order valence-corrected chi connectivity index (χ4v) is 5.62. The number of hydrogen-bond donors (Lipinski definition) is 4. The summed E-state index contributed by atoms with van der Waals surface area (Å²) in [4.78, 5) is 28.2. The Kier molecular flexibility index (Phi) is 9.53. The van der Waals surface area contributed by atoms with Gasteiger partial charge in [-0.1, -0.05) is 56.7 Å². The molecule has 0 atom stereocenters. The van der Waals surface area contributed by atoms with Crippen molar-refractivity contribution in [3.63, 3.8) is 0 Å². The number of aromatic nitrogens is 2. The molecule has 1 saturated heterocycles. The number of likely N-dealkylation sites (tertiary alicyclic amines) is 1. The predicted molar refractivity (Wildman–Crippen MR) is 185 cm³/mol. The fraction of sp³-hybridized carbons (Fsp3) is 0.314. The summed E-state index contributed by atoms with van der Waals surface area (Å²) in [6.45, 7) is 9.73. The highest BCUT2D eigenvalue weighted by molar-refractivity contribution is 7.80. The number of aryl methyl sites for hydroxylation is 1. The van der Waals surface area contributed by atoms with Gasteiger partial charge in [0.05, 0.1) is 11.4 Å². The third-order valence-electron chi connectivity index (χ3n) is 7.99. The van der Waals surface area contributed by atoms with Crippen LogP contribution in [-0.2, 0) is 11.8 Å². The standard InChI is InChI=1S/C35H41N7O2S/c1-23-11-13-29(14-12-23)42-31(22-30(40-42)35(2,3)4)39-34(44)38-27-9-5-7-25(20-27)19-24-15-17-41(18-16-24)32(43)26-8-6-10-28(21-26)37-33(36)45/h5-14,20-22,24H,15-19H2,1-4H3,(H3,36,37,45)(H2,38,39,44). The van der Waals surface area contributed by atoms with E-state index < -0.39 is 0 Å². The van der Waals surface area contributed by atoms with Crippen molar-refractivity contribution >= 4 is 46.5 Å². The maximum atomic E-state index is 13.2. The number of nitrogens with zero attached hydrogens (tertiary/aromatic N) is 3. The van der Waals surface area contributed by atoms with Gasteiger partial charge in [-0.25, -0.2) is 9.48 Å². The van der Waals surface area contributed by atoms with Crippen molar-refractivity contribution in [1.29, 1.82) is 0 Å². The number of piperidine rings is 1. The number of nitrogens with two attached hydrogens (primary N) is 1. The van der Waals surface area contributed by atoms with Crippen molar-refractivity contribution in [1.82, 2.24) is 14.7 Å². The van der Waals surface area contributed by atoms with E-state index in [0.29, 0.717) is 36.1 Å². The number of benzene rings is 3. The zero-order valence-corrected chi connectivity index (χ0v) is 27.1. The van der Waals surface area contributed by atoms with Gasteiger partial charge in [0.2, 0.25) is 0 Å². The highest BCUT2D eigenvalue weighted by Crippen LogP contribution is 2.28. The van der Waals surface area contributed by atoms with Gasteiger partial charge in [-0.3, -0.25) is 10.1 Å². The van der Waals surface area contributed by atoms with Gasteiger partial charge >= 0.3 is 6.03 Å². The topological polar surface area (TPSA) is 117 Å². The number of urea groups is 1. The first-order valence-electron chi connectivity index (χ1n) is 15.2. The van der Waals surface area contributed by atoms with E-state index in [1.807, 2.05) is 78.6 Å². The molecule has 0 unspecified atom stereocenters. The van der Waals surface area contributed by atoms with Crippen LogP contribution in [0.3, 0.4) is 0 Å². The average molecular weight is 624 g/mol. The van der Waals surface area contributed by atoms with Gasteiger partial charge in [0, 0.05) is 41.5 Å². The maximum absolute atomic E-state index is 13.2. The van der Waals surface area contributed by atoms with Gasteiger partial charge in [-0.15, -0.1) is 0 Å². The maximum Gasteiger partial charge on any atom is 0.324 e. The molecule has 234 valence electrons. The van der Waals surface area contributed by atoms with Crippen molar-refractivity contribution < 1.29 is 9.59 Å². The Morgan fingerprint density at radius 2 is 1.58 bits per heavy atom. The number of rotatable bonds is 7. The SMILES string of the molecule is Cc1ccc(-n2nc(C(C)(C)C)cc2NC(=O)Nc2cccc(CC3CCN(C(=O)c4cccc(NC(N)=S)c4)CC3)c2)cc1. The van der Waals surface area contributed by atoms with Crippen LogP contribution in [0.15, 0.2) is 78.9 Å². The monoisotopic (exact) mass is 623 g/mol. The molecule has 0 bridgehead atoms. The lowest BCUT2D eigenvalue weighted by molar-refractivity contribution is 0.0690. The first-order chi connectivity index (χ1) is 21.4. The average Bonchev–Trinajstić information content (AvgIpc) is 3.42. The third kappa shape index (κ3) is 8.27. The molecule has 9 nitrogen and oxygen atoms in total. The van der Waals surface area contributed by atoms with Crippen LogP contribution in [0.1, 0.15) is 60.8 Å². The van der Waals surface area contributed by atoms with E-state index in [4.69, 9.17) is 23.1 Å². The van der Waals surface area contributed by atoms with Gasteiger partial charge in [0.1, 0.15) is 5.82 Å². The van der Waals surface area contributed by atoms with Crippen molar-refractivity contribution in [2.45, 2.75) is 52.4 Å². The van der Waals surface area contributed by atoms with E-state index in [2.05, 4.69) is 42.8 Å². The van der Waals surface area contributed by atoms with Crippen LogP contribution in [0.4, 0.5) is 22.0 Å². The Hall–Kier alpha value is -4.70. The second-order valence-corrected chi connectivity index (χ2v) is 13.1. The zero-order valence-electron chi connectivity index (χ0n) is 26.3. The van der Waals surface area contributed by atoms with Crippen LogP contribution in [0, 0.1) is 12.8 Å². The molecule has 1 fully saturated rings. The largest absolute Gasteiger partial charge is 0.376 e. The summed E-state index contributed by atoms with van der Waals surface area (Å²) in [7, 11) is 0. The molecule has 0 aliphatic carbocycles. The summed E-state index contributed by atoms with van der Waals surface area (Å²) in [6.07, 6.45) is 2.70. The second-order valence-electron chi connectivity index (χ2n) is 12.7. The Morgan fingerprint density at radius 3 is 2.24 bits per heavy atom. The Bertz CT molecular complexity index is 1680. The van der Waals surface area contributed by atoms with Crippen molar-refractivity contribution in [2.24, 2.45) is 11.7 Å². The first-order valence-corrected chi connectivity index (χ1v) is 15.7. The first kappa shape index (κ1) is 31.7. The summed E-state index contributed by atoms with van der Waals surface area (Å²) < 4.78 is 1.77. The number of nitrogens with one attached hydrogen (secondary N) is 3. The molecule has 3 amide bonds. The summed E-state index contributed by atoms with van der Waals surface area (Å²) >= 11 is 4.91. The van der Waals surface area contributed by atoms with E-state index in [0.717, 1.165) is 47.5 Å². The lowest BCUT2D eigenvalue weighted by Gasteiger charge is -2.32. The second kappa shape index (κ2) is 13.5. The number of carbonyl (C=O) groups is 2. The van der Waals surface area contributed by atoms with E-state index in [1.165, 1.54) is 0 Å². The van der Waals surface area contributed by atoms with Crippen LogP contribution in [0.2, 0.25) is 0 Å². The molecule has 5 N–H and O–H groups in total. The Morgan fingerprint density at radius 1 is 0.911 bits per heavy atom. The molecule has 1 aliphatic rings. The summed E-state index contributed by atoms with van der Waals surface area (Å²) in [6, 6.07) is 24.9. The summed E-state index contributed by atoms with van der Waals surface area (Å²) in [5.74, 6) is 1.06. The number of anilines is 3. The molecular formula is C35H41N7O2S. The van der Waals surface area contributed by atoms with Crippen molar-refractivity contribution in [3.8, 4) is 5.69 Å². The van der Waals surface area contributed by atoms with E-state index in [-0.39, 0.29) is 22.5 Å². The van der Waals surface area contributed by atoms with Gasteiger partial charge in [0.25, 0.3) is 5.91 Å². The molecule has 4 aromatic rings. The molecule has 1 aromatic heterocycles. The lowest BCUT2D eigenvalue weighted by atomic mass is 9.90. The van der Waals surface area contributed by atoms with Crippen LogP contribution < -0.4 is 21.7 Å². The molecule has 1 aliphatic heterocycles. The van der Waals surface area contributed by atoms with Crippen molar-refractivity contribution in [3.05, 3.63) is 101 Å². The van der Waals surface area contributed by atoms with Gasteiger partial charge < -0.3 is 21.3 Å². The Labute approximate surface area is 270 Å². The molecule has 0 spiro atoms. The molecule has 2 heterocycles. The van der Waals surface area contributed by atoms with Gasteiger partial charge in [-0.05, 0) is 92.4 Å². The van der Waals surface area contributed by atoms with E-state index in [1.54, 1.807) is 10.7 Å². The zero-order chi connectivity index (χ0) is 32.1. The van der Waals surface area contributed by atoms with Crippen molar-refractivity contribution in [2.75, 3.05) is 29.0 Å². The normalized spacial score (nSPS) is 13.7. The lowest BCUT2D eigenvalue weighted by Crippen LogP contribution is -2.39. The smallest absolute Gasteiger partial charge is 0.324 e. The number of thiocarbonyl (C=S) groups is 1. The van der Waals surface area contributed by atoms with Crippen LogP contribution >= 0.6 is 12.2 Å². The molecule has 5 rings (SSSR count). The molecule has 0 radical (unpaired) electrons. The highest BCUT2D eigenvalue weighted by atomic mass is 32.1. The predicted octanol–water partition coefficient (Wildman–Crippen LogP) is 6.87. The molecule has 10 heteroatoms. The van der Waals surface area contributed by atoms with Gasteiger partial charge in [0.15, 0.2) is 5.11 Å². The molecule has 45 heavy (non-hydrogen) atoms. The fourth-order valence-electron chi connectivity index (χ4n) is 5.50. The highest BCUT2D eigenvalue weighted by Gasteiger charge is 2.25. The van der Waals surface area contributed by atoms with E-state index in [9.17, 15) is 9.59 Å². The third-order valence-corrected chi connectivity index (χ3v) is 8.09. The molecular weight excluding hydrogens is 582 g/mol. The minimum Gasteiger partial charge on any atom is -0.376 e.